The molecule has 3 nitrogen and oxygen atoms in total. The van der Waals surface area contributed by atoms with Crippen molar-refractivity contribution in [2.24, 2.45) is 5.92 Å². The van der Waals surface area contributed by atoms with Gasteiger partial charge in [-0.3, -0.25) is 4.79 Å². The standard InChI is InChI=1S/C18H25NO2/c1-13(2)9-15(4)19(5)18(21)17-11-14(3)10-16(12-17)7-6-8-20/h10-13,15,20H,8-9H2,1-5H3. The van der Waals surface area contributed by atoms with Crippen LogP contribution < -0.4 is 0 Å². The Kier molecular flexibility index (Phi) is 6.45. The van der Waals surface area contributed by atoms with E-state index in [0.29, 0.717) is 11.5 Å². The first-order valence-corrected chi connectivity index (χ1v) is 7.33. The molecule has 1 aromatic carbocycles. The largest absolute Gasteiger partial charge is 0.384 e. The Morgan fingerprint density at radius 3 is 2.52 bits per heavy atom. The maximum absolute atomic E-state index is 12.6. The molecule has 0 radical (unpaired) electrons. The third kappa shape index (κ3) is 5.24. The first-order valence-electron chi connectivity index (χ1n) is 7.33. The highest BCUT2D eigenvalue weighted by Crippen LogP contribution is 2.15. The van der Waals surface area contributed by atoms with Crippen LogP contribution in [0.3, 0.4) is 0 Å². The number of rotatable bonds is 4. The van der Waals surface area contributed by atoms with Crippen molar-refractivity contribution in [2.75, 3.05) is 13.7 Å². The minimum atomic E-state index is -0.178. The van der Waals surface area contributed by atoms with E-state index >= 15 is 0 Å². The molecule has 0 heterocycles. The number of hydrogen-bond donors (Lipinski definition) is 1. The van der Waals surface area contributed by atoms with Crippen LogP contribution in [0.25, 0.3) is 0 Å². The number of aliphatic hydroxyl groups is 1. The van der Waals surface area contributed by atoms with Crippen LogP contribution in [0.2, 0.25) is 0 Å². The van der Waals surface area contributed by atoms with E-state index in [4.69, 9.17) is 5.11 Å². The molecule has 0 saturated heterocycles. The van der Waals surface area contributed by atoms with E-state index in [0.717, 1.165) is 17.5 Å². The summed E-state index contributed by atoms with van der Waals surface area (Å²) >= 11 is 0. The fraction of sp³-hybridized carbons (Fsp3) is 0.500. The average Bonchev–Trinajstić information content (AvgIpc) is 2.42. The first kappa shape index (κ1) is 17.3. The van der Waals surface area contributed by atoms with Gasteiger partial charge in [-0.2, -0.15) is 0 Å². The lowest BCUT2D eigenvalue weighted by atomic mass is 10.0. The molecule has 1 atom stereocenters. The van der Waals surface area contributed by atoms with E-state index in [1.807, 2.05) is 26.1 Å². The van der Waals surface area contributed by atoms with Gasteiger partial charge in [-0.1, -0.05) is 25.7 Å². The Morgan fingerprint density at radius 2 is 1.95 bits per heavy atom. The highest BCUT2D eigenvalue weighted by atomic mass is 16.2. The van der Waals surface area contributed by atoms with Crippen molar-refractivity contribution in [3.8, 4) is 11.8 Å². The third-order valence-electron chi connectivity index (χ3n) is 3.43. The van der Waals surface area contributed by atoms with Crippen LogP contribution >= 0.6 is 0 Å². The van der Waals surface area contributed by atoms with Crippen LogP contribution in [0.5, 0.6) is 0 Å². The summed E-state index contributed by atoms with van der Waals surface area (Å²) in [6.07, 6.45) is 0.977. The van der Waals surface area contributed by atoms with Crippen molar-refractivity contribution >= 4 is 5.91 Å². The second-order valence-electron chi connectivity index (χ2n) is 5.94. The van der Waals surface area contributed by atoms with Gasteiger partial charge in [0, 0.05) is 24.2 Å². The molecule has 21 heavy (non-hydrogen) atoms. The van der Waals surface area contributed by atoms with Gasteiger partial charge in [-0.15, -0.1) is 0 Å². The van der Waals surface area contributed by atoms with Gasteiger partial charge < -0.3 is 10.0 Å². The van der Waals surface area contributed by atoms with Gasteiger partial charge in [-0.05, 0) is 49.9 Å². The summed E-state index contributed by atoms with van der Waals surface area (Å²) in [7, 11) is 1.84. The number of amides is 1. The van der Waals surface area contributed by atoms with Crippen molar-refractivity contribution in [1.29, 1.82) is 0 Å². The summed E-state index contributed by atoms with van der Waals surface area (Å²) < 4.78 is 0. The van der Waals surface area contributed by atoms with Crippen LogP contribution in [-0.4, -0.2) is 35.6 Å². The lowest BCUT2D eigenvalue weighted by molar-refractivity contribution is 0.0728. The molecule has 0 spiro atoms. The van der Waals surface area contributed by atoms with Gasteiger partial charge in [0.2, 0.25) is 0 Å². The topological polar surface area (TPSA) is 40.5 Å². The van der Waals surface area contributed by atoms with Crippen molar-refractivity contribution in [3.05, 3.63) is 34.9 Å². The minimum absolute atomic E-state index is 0.0129. The molecule has 0 aliphatic rings. The molecule has 1 rings (SSSR count). The summed E-state index contributed by atoms with van der Waals surface area (Å²) in [5, 5.41) is 8.77. The molecule has 0 aromatic heterocycles. The molecule has 3 heteroatoms. The third-order valence-corrected chi connectivity index (χ3v) is 3.43. The van der Waals surface area contributed by atoms with Gasteiger partial charge in [0.1, 0.15) is 6.61 Å². The zero-order valence-electron chi connectivity index (χ0n) is 13.6. The molecule has 1 aromatic rings. The van der Waals surface area contributed by atoms with E-state index in [1.54, 1.807) is 11.0 Å². The SMILES string of the molecule is Cc1cc(C#CCO)cc(C(=O)N(C)C(C)CC(C)C)c1. The quantitative estimate of drug-likeness (QED) is 0.865. The van der Waals surface area contributed by atoms with E-state index in [2.05, 4.69) is 32.6 Å². The van der Waals surface area contributed by atoms with Crippen molar-refractivity contribution < 1.29 is 9.90 Å². The zero-order valence-corrected chi connectivity index (χ0v) is 13.6. The van der Waals surface area contributed by atoms with Crippen LogP contribution in [0.1, 0.15) is 48.7 Å². The van der Waals surface area contributed by atoms with Crippen molar-refractivity contribution in [2.45, 2.75) is 40.2 Å². The van der Waals surface area contributed by atoms with Gasteiger partial charge in [0.05, 0.1) is 0 Å². The van der Waals surface area contributed by atoms with Gasteiger partial charge >= 0.3 is 0 Å². The van der Waals surface area contributed by atoms with Crippen LogP contribution in [0, 0.1) is 24.7 Å². The molecule has 0 aliphatic heterocycles. The Hall–Kier alpha value is -1.79. The number of aliphatic hydroxyl groups excluding tert-OH is 1. The van der Waals surface area contributed by atoms with E-state index in [1.165, 1.54) is 0 Å². The maximum atomic E-state index is 12.6. The molecule has 1 N–H and O–H groups in total. The molecule has 1 unspecified atom stereocenters. The highest BCUT2D eigenvalue weighted by molar-refractivity contribution is 5.94. The lowest BCUT2D eigenvalue weighted by Gasteiger charge is -2.26. The first-order chi connectivity index (χ1) is 9.85. The highest BCUT2D eigenvalue weighted by Gasteiger charge is 2.18. The number of hydrogen-bond acceptors (Lipinski definition) is 2. The minimum Gasteiger partial charge on any atom is -0.384 e. The van der Waals surface area contributed by atoms with E-state index < -0.39 is 0 Å². The monoisotopic (exact) mass is 287 g/mol. The van der Waals surface area contributed by atoms with E-state index in [9.17, 15) is 4.79 Å². The Labute approximate surface area is 128 Å². The normalized spacial score (nSPS) is 11.8. The maximum Gasteiger partial charge on any atom is 0.253 e. The fourth-order valence-electron chi connectivity index (χ4n) is 2.36. The smallest absolute Gasteiger partial charge is 0.253 e. The molecule has 0 bridgehead atoms. The zero-order chi connectivity index (χ0) is 16.0. The number of benzene rings is 1. The second-order valence-corrected chi connectivity index (χ2v) is 5.94. The van der Waals surface area contributed by atoms with Crippen molar-refractivity contribution in [1.82, 2.24) is 4.90 Å². The Balaban J connectivity index is 2.98. The van der Waals surface area contributed by atoms with Gasteiger partial charge in [0.15, 0.2) is 0 Å². The summed E-state index contributed by atoms with van der Waals surface area (Å²) in [5.41, 5.74) is 2.40. The van der Waals surface area contributed by atoms with Gasteiger partial charge in [0.25, 0.3) is 5.91 Å². The Morgan fingerprint density at radius 1 is 1.29 bits per heavy atom. The second kappa shape index (κ2) is 7.85. The summed E-state index contributed by atoms with van der Waals surface area (Å²) in [6, 6.07) is 5.78. The predicted octanol–water partition coefficient (Wildman–Crippen LogP) is 2.85. The van der Waals surface area contributed by atoms with Crippen LogP contribution in [-0.2, 0) is 0 Å². The molecular formula is C18H25NO2. The number of carbonyl (C=O) groups is 1. The Bertz CT molecular complexity index is 552. The molecule has 0 saturated carbocycles. The van der Waals surface area contributed by atoms with E-state index in [-0.39, 0.29) is 18.6 Å². The molecule has 0 fully saturated rings. The summed E-state index contributed by atoms with van der Waals surface area (Å²) in [4.78, 5) is 14.4. The lowest BCUT2D eigenvalue weighted by Crippen LogP contribution is -2.36. The van der Waals surface area contributed by atoms with Crippen LogP contribution in [0.15, 0.2) is 18.2 Å². The molecule has 114 valence electrons. The number of carbonyl (C=O) groups excluding carboxylic acids is 1. The molecule has 0 aliphatic carbocycles. The fourth-order valence-corrected chi connectivity index (χ4v) is 2.36. The van der Waals surface area contributed by atoms with Crippen LogP contribution in [0.4, 0.5) is 0 Å². The average molecular weight is 287 g/mol. The summed E-state index contributed by atoms with van der Waals surface area (Å²) in [6.45, 7) is 8.15. The molecule has 1 amide bonds. The van der Waals surface area contributed by atoms with Gasteiger partial charge in [-0.25, -0.2) is 0 Å². The van der Waals surface area contributed by atoms with Crippen molar-refractivity contribution in [3.63, 3.8) is 0 Å². The molecular weight excluding hydrogens is 262 g/mol. The predicted molar refractivity (Wildman–Crippen MR) is 86.2 cm³/mol. The number of aryl methyl sites for hydroxylation is 1. The number of nitrogens with zero attached hydrogens (tertiary/aromatic N) is 1. The summed E-state index contributed by atoms with van der Waals surface area (Å²) in [5.74, 6) is 6.04.